The van der Waals surface area contributed by atoms with Crippen LogP contribution in [0.25, 0.3) is 10.9 Å². The molecular formula is C16H22Cl3N3O. The largest absolute Gasteiger partial charge is 0.344 e. The first kappa shape index (κ1) is 21.9. The van der Waals surface area contributed by atoms with Crippen LogP contribution in [0.2, 0.25) is 5.02 Å². The van der Waals surface area contributed by atoms with E-state index in [2.05, 4.69) is 10.3 Å². The first-order valence-corrected chi connectivity index (χ1v) is 7.32. The molecule has 2 rings (SSSR count). The maximum Gasteiger partial charge on any atom is 0.270 e. The van der Waals surface area contributed by atoms with E-state index in [9.17, 15) is 4.79 Å². The highest BCUT2D eigenvalue weighted by Gasteiger charge is 2.29. The van der Waals surface area contributed by atoms with Gasteiger partial charge in [0.25, 0.3) is 5.91 Å². The van der Waals surface area contributed by atoms with Gasteiger partial charge < -0.3 is 11.1 Å². The molecule has 0 aliphatic heterocycles. The molecule has 1 aromatic carbocycles. The van der Waals surface area contributed by atoms with Crippen molar-refractivity contribution in [3.63, 3.8) is 0 Å². The molecule has 0 bridgehead atoms. The van der Waals surface area contributed by atoms with E-state index in [1.165, 1.54) is 0 Å². The highest BCUT2D eigenvalue weighted by Crippen LogP contribution is 2.19. The standard InChI is InChI=1S/C16H20ClN3O.2ClH/c1-10(2)16(3,9-18)20-15(21)13-7-5-11-4-6-12(17)8-14(11)19-13;;/h4-8,10H,9,18H2,1-3H3,(H,20,21);2*1H. The minimum absolute atomic E-state index is 0. The van der Waals surface area contributed by atoms with Crippen molar-refractivity contribution in [2.75, 3.05) is 6.54 Å². The minimum Gasteiger partial charge on any atom is -0.344 e. The highest BCUT2D eigenvalue weighted by atomic mass is 35.5. The van der Waals surface area contributed by atoms with Crippen LogP contribution in [-0.2, 0) is 0 Å². The maximum absolute atomic E-state index is 12.4. The maximum atomic E-state index is 12.4. The average molecular weight is 379 g/mol. The summed E-state index contributed by atoms with van der Waals surface area (Å²) >= 11 is 5.96. The molecule has 0 saturated carbocycles. The Hall–Kier alpha value is -1.07. The number of carbonyl (C=O) groups is 1. The van der Waals surface area contributed by atoms with Crippen molar-refractivity contribution in [1.82, 2.24) is 10.3 Å². The van der Waals surface area contributed by atoms with Gasteiger partial charge in [-0.3, -0.25) is 4.79 Å². The van der Waals surface area contributed by atoms with Gasteiger partial charge in [-0.25, -0.2) is 4.98 Å². The number of fused-ring (bicyclic) bond motifs is 1. The van der Waals surface area contributed by atoms with Gasteiger partial charge in [0.2, 0.25) is 0 Å². The quantitative estimate of drug-likeness (QED) is 0.849. The van der Waals surface area contributed by atoms with E-state index >= 15 is 0 Å². The summed E-state index contributed by atoms with van der Waals surface area (Å²) in [5, 5.41) is 4.52. The molecule has 0 aliphatic rings. The van der Waals surface area contributed by atoms with Crippen molar-refractivity contribution >= 4 is 53.2 Å². The van der Waals surface area contributed by atoms with Gasteiger partial charge in [0.15, 0.2) is 0 Å². The van der Waals surface area contributed by atoms with Crippen LogP contribution in [-0.4, -0.2) is 23.0 Å². The van der Waals surface area contributed by atoms with Gasteiger partial charge in [-0.1, -0.05) is 37.6 Å². The van der Waals surface area contributed by atoms with Gasteiger partial charge in [-0.2, -0.15) is 0 Å². The molecule has 0 saturated heterocycles. The SMILES string of the molecule is CC(C)C(C)(CN)NC(=O)c1ccc2ccc(Cl)cc2n1.Cl.Cl. The van der Waals surface area contributed by atoms with Crippen LogP contribution in [0, 0.1) is 5.92 Å². The summed E-state index contributed by atoms with van der Waals surface area (Å²) < 4.78 is 0. The third-order valence-corrected chi connectivity index (χ3v) is 4.22. The lowest BCUT2D eigenvalue weighted by Gasteiger charge is -2.33. The molecule has 7 heteroatoms. The highest BCUT2D eigenvalue weighted by molar-refractivity contribution is 6.31. The van der Waals surface area contributed by atoms with E-state index in [1.807, 2.05) is 32.9 Å². The van der Waals surface area contributed by atoms with Crippen molar-refractivity contribution in [1.29, 1.82) is 0 Å². The number of nitrogens with two attached hydrogens (primary N) is 1. The van der Waals surface area contributed by atoms with E-state index in [0.717, 1.165) is 5.39 Å². The molecule has 0 radical (unpaired) electrons. The number of hydrogen-bond acceptors (Lipinski definition) is 3. The van der Waals surface area contributed by atoms with Gasteiger partial charge in [0.1, 0.15) is 5.69 Å². The lowest BCUT2D eigenvalue weighted by atomic mass is 9.88. The summed E-state index contributed by atoms with van der Waals surface area (Å²) in [4.78, 5) is 16.8. The fourth-order valence-corrected chi connectivity index (χ4v) is 2.14. The average Bonchev–Trinajstić information content (AvgIpc) is 2.45. The molecule has 23 heavy (non-hydrogen) atoms. The summed E-state index contributed by atoms with van der Waals surface area (Å²) in [5.41, 5.74) is 6.40. The first-order chi connectivity index (χ1) is 9.85. The molecule has 1 aromatic heterocycles. The lowest BCUT2D eigenvalue weighted by molar-refractivity contribution is 0.0878. The summed E-state index contributed by atoms with van der Waals surface area (Å²) in [6.07, 6.45) is 0. The number of nitrogens with one attached hydrogen (secondary N) is 1. The van der Waals surface area contributed by atoms with Crippen LogP contribution in [0.4, 0.5) is 0 Å². The third kappa shape index (κ3) is 4.95. The van der Waals surface area contributed by atoms with E-state index in [-0.39, 0.29) is 36.6 Å². The molecule has 1 heterocycles. The number of nitrogens with zero attached hydrogens (tertiary/aromatic N) is 1. The smallest absolute Gasteiger partial charge is 0.270 e. The molecule has 1 amide bonds. The van der Waals surface area contributed by atoms with Gasteiger partial charge in [-0.15, -0.1) is 24.8 Å². The molecule has 1 atom stereocenters. The molecule has 1 unspecified atom stereocenters. The summed E-state index contributed by atoms with van der Waals surface area (Å²) in [6.45, 7) is 6.37. The fraction of sp³-hybridized carbons (Fsp3) is 0.375. The summed E-state index contributed by atoms with van der Waals surface area (Å²) in [6, 6.07) is 9.00. The second kappa shape index (κ2) is 8.69. The Morgan fingerprint density at radius 1 is 1.30 bits per heavy atom. The van der Waals surface area contributed by atoms with E-state index in [4.69, 9.17) is 17.3 Å². The zero-order valence-electron chi connectivity index (χ0n) is 13.3. The Bertz CT molecular complexity index is 679. The number of benzene rings is 1. The number of pyridine rings is 1. The van der Waals surface area contributed by atoms with Crippen molar-refractivity contribution in [3.05, 3.63) is 41.0 Å². The van der Waals surface area contributed by atoms with Gasteiger partial charge in [-0.05, 0) is 31.0 Å². The molecule has 0 aliphatic carbocycles. The van der Waals surface area contributed by atoms with Crippen molar-refractivity contribution in [2.45, 2.75) is 26.3 Å². The third-order valence-electron chi connectivity index (χ3n) is 3.98. The Kier molecular flexibility index (Phi) is 8.29. The van der Waals surface area contributed by atoms with Gasteiger partial charge in [0, 0.05) is 17.0 Å². The predicted molar refractivity (Wildman–Crippen MR) is 101 cm³/mol. The number of aromatic nitrogens is 1. The molecule has 0 spiro atoms. The topological polar surface area (TPSA) is 68.0 Å². The first-order valence-electron chi connectivity index (χ1n) is 6.94. The second-order valence-corrected chi connectivity index (χ2v) is 6.20. The van der Waals surface area contributed by atoms with Gasteiger partial charge in [0.05, 0.1) is 11.1 Å². The molecular weight excluding hydrogens is 357 g/mol. The number of amides is 1. The molecule has 0 fully saturated rings. The van der Waals surface area contributed by atoms with Crippen molar-refractivity contribution < 1.29 is 4.79 Å². The van der Waals surface area contributed by atoms with E-state index in [0.29, 0.717) is 22.8 Å². The monoisotopic (exact) mass is 377 g/mol. The predicted octanol–water partition coefficient (Wildman–Crippen LogP) is 3.84. The van der Waals surface area contributed by atoms with Crippen LogP contribution in [0.15, 0.2) is 30.3 Å². The fourth-order valence-electron chi connectivity index (χ4n) is 1.97. The molecule has 2 aromatic rings. The number of rotatable bonds is 4. The Morgan fingerprint density at radius 3 is 2.48 bits per heavy atom. The van der Waals surface area contributed by atoms with Crippen molar-refractivity contribution in [3.8, 4) is 0 Å². The normalized spacial score (nSPS) is 13.0. The Balaban J connectivity index is 0.00000242. The second-order valence-electron chi connectivity index (χ2n) is 5.76. The van der Waals surface area contributed by atoms with Gasteiger partial charge >= 0.3 is 0 Å². The van der Waals surface area contributed by atoms with Crippen LogP contribution < -0.4 is 11.1 Å². The lowest BCUT2D eigenvalue weighted by Crippen LogP contribution is -2.55. The Labute approximate surface area is 154 Å². The number of hydrogen-bond donors (Lipinski definition) is 2. The minimum atomic E-state index is -0.456. The van der Waals surface area contributed by atoms with E-state index in [1.54, 1.807) is 18.2 Å². The molecule has 3 N–H and O–H groups in total. The van der Waals surface area contributed by atoms with Crippen LogP contribution in [0.1, 0.15) is 31.3 Å². The van der Waals surface area contributed by atoms with Crippen LogP contribution in [0.5, 0.6) is 0 Å². The zero-order valence-corrected chi connectivity index (χ0v) is 15.7. The van der Waals surface area contributed by atoms with E-state index < -0.39 is 5.54 Å². The van der Waals surface area contributed by atoms with Crippen LogP contribution in [0.3, 0.4) is 0 Å². The molecule has 128 valence electrons. The summed E-state index contributed by atoms with van der Waals surface area (Å²) in [5.74, 6) is -0.000114. The van der Waals surface area contributed by atoms with Crippen LogP contribution >= 0.6 is 36.4 Å². The van der Waals surface area contributed by atoms with Crippen molar-refractivity contribution in [2.24, 2.45) is 11.7 Å². The molecule has 4 nitrogen and oxygen atoms in total. The number of carbonyl (C=O) groups excluding carboxylic acids is 1. The number of halogens is 3. The zero-order chi connectivity index (χ0) is 15.6. The summed E-state index contributed by atoms with van der Waals surface area (Å²) in [7, 11) is 0. The Morgan fingerprint density at radius 2 is 1.91 bits per heavy atom.